The molecule has 0 bridgehead atoms. The van der Waals surface area contributed by atoms with Gasteiger partial charge in [0.2, 0.25) is 5.95 Å². The van der Waals surface area contributed by atoms with Crippen LogP contribution in [0.5, 0.6) is 0 Å². The number of anilines is 2. The Morgan fingerprint density at radius 3 is 2.45 bits per heavy atom. The van der Waals surface area contributed by atoms with Gasteiger partial charge in [-0.1, -0.05) is 36.4 Å². The second-order valence-corrected chi connectivity index (χ2v) is 6.99. The van der Waals surface area contributed by atoms with Crippen LogP contribution in [-0.2, 0) is 11.3 Å². The molecule has 1 N–H and O–H groups in total. The van der Waals surface area contributed by atoms with Crippen LogP contribution in [0.1, 0.15) is 39.5 Å². The number of benzene rings is 2. The monoisotopic (exact) mass is 391 g/mol. The molecule has 1 heterocycles. The topological polar surface area (TPSA) is 73.2 Å². The van der Waals surface area contributed by atoms with E-state index >= 15 is 0 Å². The van der Waals surface area contributed by atoms with Crippen LogP contribution in [0, 0.1) is 20.8 Å². The highest BCUT2D eigenvalue weighted by molar-refractivity contribution is 5.88. The predicted molar refractivity (Wildman–Crippen MR) is 114 cm³/mol. The number of carbonyl (C=O) groups is 1. The molecule has 2 aromatic carbocycles. The fourth-order valence-corrected chi connectivity index (χ4v) is 3.06. The first-order valence-electron chi connectivity index (χ1n) is 9.56. The van der Waals surface area contributed by atoms with E-state index in [2.05, 4.69) is 23.3 Å². The van der Waals surface area contributed by atoms with Gasteiger partial charge < -0.3 is 14.6 Å². The second kappa shape index (κ2) is 8.73. The third-order valence-electron chi connectivity index (χ3n) is 4.77. The van der Waals surface area contributed by atoms with E-state index < -0.39 is 11.5 Å². The highest BCUT2D eigenvalue weighted by Gasteiger charge is 2.17. The van der Waals surface area contributed by atoms with Crippen molar-refractivity contribution in [1.82, 2.24) is 9.55 Å². The van der Waals surface area contributed by atoms with Crippen molar-refractivity contribution in [2.45, 2.75) is 34.2 Å². The van der Waals surface area contributed by atoms with Crippen molar-refractivity contribution in [3.63, 3.8) is 0 Å². The maximum atomic E-state index is 12.5. The van der Waals surface area contributed by atoms with E-state index in [1.54, 1.807) is 11.5 Å². The molecule has 0 saturated carbocycles. The summed E-state index contributed by atoms with van der Waals surface area (Å²) in [4.78, 5) is 28.8. The first-order valence-corrected chi connectivity index (χ1v) is 9.56. The Kier molecular flexibility index (Phi) is 6.12. The minimum atomic E-state index is -0.666. The third kappa shape index (κ3) is 4.71. The van der Waals surface area contributed by atoms with Crippen LogP contribution in [0.3, 0.4) is 0 Å². The average molecular weight is 391 g/mol. The number of aryl methyl sites for hydroxylation is 3. The normalized spacial score (nSPS) is 10.6. The minimum absolute atomic E-state index is 0.0786. The summed E-state index contributed by atoms with van der Waals surface area (Å²) in [5.41, 5.74) is 4.57. The van der Waals surface area contributed by atoms with E-state index in [4.69, 9.17) is 4.74 Å². The fourth-order valence-electron chi connectivity index (χ4n) is 3.06. The zero-order valence-corrected chi connectivity index (χ0v) is 17.2. The van der Waals surface area contributed by atoms with Crippen molar-refractivity contribution in [3.05, 3.63) is 86.8 Å². The summed E-state index contributed by atoms with van der Waals surface area (Å²) in [6, 6.07) is 13.9. The van der Waals surface area contributed by atoms with Gasteiger partial charge in [0.25, 0.3) is 5.56 Å². The highest BCUT2D eigenvalue weighted by atomic mass is 16.5. The average Bonchev–Trinajstić information content (AvgIpc) is 2.69. The number of esters is 1. The molecule has 29 heavy (non-hydrogen) atoms. The van der Waals surface area contributed by atoms with Crippen molar-refractivity contribution < 1.29 is 9.53 Å². The van der Waals surface area contributed by atoms with Crippen molar-refractivity contribution >= 4 is 17.6 Å². The van der Waals surface area contributed by atoms with E-state index in [1.165, 1.54) is 11.8 Å². The molecule has 0 fully saturated rings. The molecular formula is C23H25N3O3. The third-order valence-corrected chi connectivity index (χ3v) is 4.77. The van der Waals surface area contributed by atoms with Crippen molar-refractivity contribution in [1.29, 1.82) is 0 Å². The molecule has 0 aliphatic rings. The second-order valence-electron chi connectivity index (χ2n) is 6.99. The largest absolute Gasteiger partial charge is 0.462 e. The molecule has 0 saturated heterocycles. The quantitative estimate of drug-likeness (QED) is 0.640. The Labute approximate surface area is 170 Å². The van der Waals surface area contributed by atoms with Crippen LogP contribution in [0.4, 0.5) is 11.6 Å². The molecule has 3 aromatic rings. The van der Waals surface area contributed by atoms with E-state index in [0.29, 0.717) is 12.5 Å². The van der Waals surface area contributed by atoms with Gasteiger partial charge >= 0.3 is 5.97 Å². The van der Waals surface area contributed by atoms with Crippen molar-refractivity contribution in [3.8, 4) is 0 Å². The molecule has 0 unspecified atom stereocenters. The lowest BCUT2D eigenvalue weighted by Crippen LogP contribution is -2.25. The first-order chi connectivity index (χ1) is 13.9. The lowest BCUT2D eigenvalue weighted by molar-refractivity contribution is 0.0523. The number of nitrogens with zero attached hydrogens (tertiary/aromatic N) is 2. The lowest BCUT2D eigenvalue weighted by atomic mass is 10.1. The summed E-state index contributed by atoms with van der Waals surface area (Å²) in [7, 11) is 0. The van der Waals surface area contributed by atoms with Crippen LogP contribution in [0.25, 0.3) is 0 Å². The zero-order chi connectivity index (χ0) is 21.0. The van der Waals surface area contributed by atoms with Crippen LogP contribution in [0.15, 0.2) is 53.5 Å². The van der Waals surface area contributed by atoms with Gasteiger partial charge in [-0.25, -0.2) is 4.79 Å². The van der Waals surface area contributed by atoms with Crippen LogP contribution in [0.2, 0.25) is 0 Å². The molecule has 0 aliphatic heterocycles. The Bertz CT molecular complexity index is 1090. The summed E-state index contributed by atoms with van der Waals surface area (Å²) < 4.78 is 6.77. The summed E-state index contributed by atoms with van der Waals surface area (Å²) >= 11 is 0. The first kappa shape index (κ1) is 20.3. The van der Waals surface area contributed by atoms with Crippen molar-refractivity contribution in [2.75, 3.05) is 11.9 Å². The van der Waals surface area contributed by atoms with E-state index in [1.807, 2.05) is 50.2 Å². The van der Waals surface area contributed by atoms with Gasteiger partial charge in [-0.2, -0.15) is 4.98 Å². The van der Waals surface area contributed by atoms with Crippen LogP contribution in [-0.4, -0.2) is 22.1 Å². The Morgan fingerprint density at radius 2 is 1.76 bits per heavy atom. The molecule has 0 radical (unpaired) electrons. The molecule has 0 atom stereocenters. The number of ether oxygens (including phenoxy) is 1. The number of nitrogens with one attached hydrogen (secondary N) is 1. The predicted octanol–water partition coefficient (Wildman–Crippen LogP) is 4.14. The smallest absolute Gasteiger partial charge is 0.345 e. The van der Waals surface area contributed by atoms with Crippen molar-refractivity contribution in [2.24, 2.45) is 0 Å². The van der Waals surface area contributed by atoms with Gasteiger partial charge in [-0.15, -0.1) is 0 Å². The number of hydrogen-bond donors (Lipinski definition) is 1. The molecule has 0 spiro atoms. The molecule has 6 nitrogen and oxygen atoms in total. The van der Waals surface area contributed by atoms with E-state index in [9.17, 15) is 9.59 Å². The summed E-state index contributed by atoms with van der Waals surface area (Å²) in [6.45, 7) is 8.44. The number of hydrogen-bond acceptors (Lipinski definition) is 5. The minimum Gasteiger partial charge on any atom is -0.462 e. The summed E-state index contributed by atoms with van der Waals surface area (Å²) in [5, 5.41) is 3.27. The number of carbonyl (C=O) groups excluding carboxylic acids is 1. The summed E-state index contributed by atoms with van der Waals surface area (Å²) in [5.74, 6) is -0.293. The lowest BCUT2D eigenvalue weighted by Gasteiger charge is -2.17. The number of rotatable bonds is 6. The Hall–Kier alpha value is -3.41. The molecule has 0 aliphatic carbocycles. The van der Waals surface area contributed by atoms with Gasteiger partial charge in [0.1, 0.15) is 5.56 Å². The molecule has 6 heteroatoms. The molecule has 0 amide bonds. The van der Waals surface area contributed by atoms with Gasteiger partial charge in [0.05, 0.1) is 13.2 Å². The van der Waals surface area contributed by atoms with E-state index in [0.717, 1.165) is 22.4 Å². The van der Waals surface area contributed by atoms with E-state index in [-0.39, 0.29) is 12.2 Å². The van der Waals surface area contributed by atoms with Gasteiger partial charge in [-0.3, -0.25) is 4.79 Å². The Morgan fingerprint density at radius 1 is 1.07 bits per heavy atom. The fraction of sp³-hybridized carbons (Fsp3) is 0.261. The molecule has 150 valence electrons. The molecule has 3 rings (SSSR count). The van der Waals surface area contributed by atoms with Crippen LogP contribution >= 0.6 is 0 Å². The number of aromatic nitrogens is 2. The molecular weight excluding hydrogens is 366 g/mol. The highest BCUT2D eigenvalue weighted by Crippen LogP contribution is 2.23. The van der Waals surface area contributed by atoms with Gasteiger partial charge in [0, 0.05) is 11.9 Å². The zero-order valence-electron chi connectivity index (χ0n) is 17.2. The van der Waals surface area contributed by atoms with Gasteiger partial charge in [-0.05, 0) is 56.0 Å². The maximum Gasteiger partial charge on any atom is 0.345 e. The molecule has 1 aromatic heterocycles. The van der Waals surface area contributed by atoms with Gasteiger partial charge in [0.15, 0.2) is 0 Å². The Balaban J connectivity index is 2.07. The SMILES string of the molecule is CCOC(=O)c1cn(Cc2ccccc2)c(Nc2cc(C)c(C)cc2C)nc1=O. The maximum absolute atomic E-state index is 12.5. The standard InChI is InChI=1S/C23H25N3O3/c1-5-29-22(28)19-14-26(13-18-9-7-6-8-10-18)23(25-21(19)27)24-20-12-16(3)15(2)11-17(20)4/h6-12,14H,5,13H2,1-4H3,(H,24,25,27). The van der Waals surface area contributed by atoms with Crippen LogP contribution < -0.4 is 10.9 Å². The summed E-state index contributed by atoms with van der Waals surface area (Å²) in [6.07, 6.45) is 1.51.